The van der Waals surface area contributed by atoms with E-state index < -0.39 is 5.41 Å². The van der Waals surface area contributed by atoms with Gasteiger partial charge in [-0.1, -0.05) is 6.08 Å². The Balaban J connectivity index is 1.95. The van der Waals surface area contributed by atoms with Crippen LogP contribution in [0.4, 0.5) is 11.4 Å². The molecule has 3 heterocycles. The Morgan fingerprint density at radius 2 is 2.26 bits per heavy atom. The van der Waals surface area contributed by atoms with Crippen molar-refractivity contribution in [2.75, 3.05) is 18.1 Å². The second-order valence-corrected chi connectivity index (χ2v) is 8.87. The maximum absolute atomic E-state index is 12.3. The average molecular weight is 444 g/mol. The second-order valence-electron chi connectivity index (χ2n) is 7.17. The number of carbonyl (C=O) groups is 1. The minimum absolute atomic E-state index is 0.0265. The number of phenolic OH excluding ortho intramolecular Hbond substituents is 1. The fraction of sp³-hybridized carbons (Fsp3) is 0.300. The fourth-order valence-electron chi connectivity index (χ4n) is 4.63. The molecule has 2 N–H and O–H groups in total. The zero-order valence-electron chi connectivity index (χ0n) is 15.0. The fourth-order valence-corrected chi connectivity index (χ4v) is 5.97. The van der Waals surface area contributed by atoms with E-state index in [1.54, 1.807) is 17.8 Å². The SMILES string of the molecule is CSC1=CC(=O)C(Br)=CC12CC=Nc1c2c2c3c(cn(C)c3c1O)CCN2. The van der Waals surface area contributed by atoms with Crippen LogP contribution in [0.15, 0.2) is 32.7 Å². The number of hydrogen-bond donors (Lipinski definition) is 2. The predicted octanol–water partition coefficient (Wildman–Crippen LogP) is 4.30. The van der Waals surface area contributed by atoms with E-state index in [0.29, 0.717) is 16.6 Å². The maximum atomic E-state index is 12.3. The molecule has 0 bridgehead atoms. The first-order valence-corrected chi connectivity index (χ1v) is 10.8. The van der Waals surface area contributed by atoms with E-state index in [0.717, 1.165) is 40.0 Å². The summed E-state index contributed by atoms with van der Waals surface area (Å²) in [4.78, 5) is 17.9. The van der Waals surface area contributed by atoms with Gasteiger partial charge in [0, 0.05) is 48.3 Å². The van der Waals surface area contributed by atoms with E-state index in [4.69, 9.17) is 0 Å². The van der Waals surface area contributed by atoms with Gasteiger partial charge in [0.15, 0.2) is 11.5 Å². The molecule has 5 nitrogen and oxygen atoms in total. The molecule has 5 rings (SSSR count). The van der Waals surface area contributed by atoms with E-state index in [9.17, 15) is 9.90 Å². The Kier molecular flexibility index (Phi) is 3.65. The molecular weight excluding hydrogens is 426 g/mol. The number of aromatic nitrogens is 1. The second kappa shape index (κ2) is 5.75. The van der Waals surface area contributed by atoms with Gasteiger partial charge in [0.25, 0.3) is 0 Å². The maximum Gasteiger partial charge on any atom is 0.193 e. The van der Waals surface area contributed by atoms with Crippen molar-refractivity contribution >= 4 is 62.0 Å². The number of anilines is 1. The largest absolute Gasteiger partial charge is 0.504 e. The number of aryl methyl sites for hydroxylation is 1. The third kappa shape index (κ3) is 2.12. The van der Waals surface area contributed by atoms with Crippen LogP contribution in [0.25, 0.3) is 10.9 Å². The number of fused-ring (bicyclic) bond motifs is 3. The summed E-state index contributed by atoms with van der Waals surface area (Å²) in [5.41, 5.74) is 4.12. The number of benzene rings is 1. The number of carbonyl (C=O) groups excluding carboxylic acids is 1. The molecule has 2 aromatic rings. The number of thioether (sulfide) groups is 1. The van der Waals surface area contributed by atoms with Gasteiger partial charge in [0.2, 0.25) is 0 Å². The quantitative estimate of drug-likeness (QED) is 0.644. The number of halogens is 1. The number of hydrogen-bond acceptors (Lipinski definition) is 5. The van der Waals surface area contributed by atoms with Gasteiger partial charge < -0.3 is 15.0 Å². The number of nitrogens with one attached hydrogen (secondary N) is 1. The minimum Gasteiger partial charge on any atom is -0.504 e. The van der Waals surface area contributed by atoms with Crippen molar-refractivity contribution in [3.05, 3.63) is 38.9 Å². The summed E-state index contributed by atoms with van der Waals surface area (Å²) >= 11 is 5.02. The molecule has 0 fully saturated rings. The van der Waals surface area contributed by atoms with Crippen LogP contribution in [-0.4, -0.2) is 34.5 Å². The first kappa shape index (κ1) is 17.1. The Labute approximate surface area is 169 Å². The summed E-state index contributed by atoms with van der Waals surface area (Å²) in [6.07, 6.45) is 11.2. The van der Waals surface area contributed by atoms with E-state index in [1.807, 2.05) is 30.2 Å². The first-order chi connectivity index (χ1) is 13.0. The zero-order valence-corrected chi connectivity index (χ0v) is 17.4. The molecule has 7 heteroatoms. The summed E-state index contributed by atoms with van der Waals surface area (Å²) in [6.45, 7) is 0.839. The van der Waals surface area contributed by atoms with Crippen LogP contribution < -0.4 is 5.32 Å². The molecule has 0 saturated carbocycles. The highest BCUT2D eigenvalue weighted by Crippen LogP contribution is 2.58. The van der Waals surface area contributed by atoms with Gasteiger partial charge in [-0.2, -0.15) is 0 Å². The third-order valence-corrected chi connectivity index (χ3v) is 7.29. The van der Waals surface area contributed by atoms with Gasteiger partial charge in [0.1, 0.15) is 5.69 Å². The Morgan fingerprint density at radius 3 is 3.04 bits per heavy atom. The van der Waals surface area contributed by atoms with Gasteiger partial charge in [-0.3, -0.25) is 9.79 Å². The lowest BCUT2D eigenvalue weighted by atomic mass is 9.71. The van der Waals surface area contributed by atoms with Gasteiger partial charge >= 0.3 is 0 Å². The number of phenols is 1. The highest BCUT2D eigenvalue weighted by atomic mass is 79.9. The lowest BCUT2D eigenvalue weighted by molar-refractivity contribution is -0.110. The van der Waals surface area contributed by atoms with Gasteiger partial charge in [-0.25, -0.2) is 0 Å². The smallest absolute Gasteiger partial charge is 0.193 e. The normalized spacial score (nSPS) is 23.3. The van der Waals surface area contributed by atoms with Crippen molar-refractivity contribution < 1.29 is 9.90 Å². The molecule has 3 aliphatic rings. The minimum atomic E-state index is -0.512. The number of aromatic hydroxyl groups is 1. The molecule has 1 unspecified atom stereocenters. The predicted molar refractivity (Wildman–Crippen MR) is 115 cm³/mol. The summed E-state index contributed by atoms with van der Waals surface area (Å²) in [5, 5.41) is 15.8. The molecular formula is C20H18BrN3O2S. The Bertz CT molecular complexity index is 1130. The van der Waals surface area contributed by atoms with Crippen LogP contribution in [0.2, 0.25) is 0 Å². The van der Waals surface area contributed by atoms with Crippen LogP contribution in [0, 0.1) is 0 Å². The van der Waals surface area contributed by atoms with E-state index in [1.165, 1.54) is 5.56 Å². The highest BCUT2D eigenvalue weighted by molar-refractivity contribution is 9.12. The lowest BCUT2D eigenvalue weighted by Gasteiger charge is -2.40. The topological polar surface area (TPSA) is 66.6 Å². The average Bonchev–Trinajstić information content (AvgIpc) is 2.99. The summed E-state index contributed by atoms with van der Waals surface area (Å²) < 4.78 is 2.53. The molecule has 0 amide bonds. The number of aliphatic imine (C=N–C) groups is 1. The molecule has 1 aromatic heterocycles. The molecule has 0 radical (unpaired) electrons. The van der Waals surface area contributed by atoms with Crippen molar-refractivity contribution in [3.63, 3.8) is 0 Å². The summed E-state index contributed by atoms with van der Waals surface area (Å²) in [5.74, 6) is 0.180. The molecule has 1 spiro atoms. The molecule has 138 valence electrons. The Morgan fingerprint density at radius 1 is 1.44 bits per heavy atom. The van der Waals surface area contributed by atoms with Gasteiger partial charge in [0.05, 0.1) is 21.1 Å². The third-order valence-electron chi connectivity index (χ3n) is 5.75. The molecule has 1 aliphatic carbocycles. The molecule has 1 atom stereocenters. The monoisotopic (exact) mass is 443 g/mol. The van der Waals surface area contributed by atoms with Crippen molar-refractivity contribution in [2.24, 2.45) is 12.0 Å². The number of ketones is 1. The van der Waals surface area contributed by atoms with Gasteiger partial charge in [-0.05, 0) is 40.2 Å². The highest BCUT2D eigenvalue weighted by Gasteiger charge is 2.45. The molecule has 27 heavy (non-hydrogen) atoms. The summed E-state index contributed by atoms with van der Waals surface area (Å²) in [7, 11) is 1.96. The lowest BCUT2D eigenvalue weighted by Crippen LogP contribution is -2.33. The van der Waals surface area contributed by atoms with Crippen LogP contribution in [0.1, 0.15) is 17.5 Å². The van der Waals surface area contributed by atoms with Crippen LogP contribution >= 0.6 is 27.7 Å². The Hall–Kier alpha value is -1.99. The zero-order chi connectivity index (χ0) is 18.9. The van der Waals surface area contributed by atoms with Crippen LogP contribution in [-0.2, 0) is 23.7 Å². The molecule has 1 aromatic carbocycles. The van der Waals surface area contributed by atoms with E-state index in [2.05, 4.69) is 32.4 Å². The van der Waals surface area contributed by atoms with Crippen molar-refractivity contribution in [1.29, 1.82) is 0 Å². The number of allylic oxidation sites excluding steroid dienone is 4. The molecule has 0 saturated heterocycles. The summed E-state index contributed by atoms with van der Waals surface area (Å²) in [6, 6.07) is 0. The first-order valence-electron chi connectivity index (χ1n) is 8.80. The van der Waals surface area contributed by atoms with E-state index in [-0.39, 0.29) is 11.5 Å². The number of nitrogens with zero attached hydrogens (tertiary/aromatic N) is 2. The van der Waals surface area contributed by atoms with Crippen molar-refractivity contribution in [1.82, 2.24) is 4.57 Å². The van der Waals surface area contributed by atoms with Crippen molar-refractivity contribution in [2.45, 2.75) is 18.3 Å². The van der Waals surface area contributed by atoms with Crippen molar-refractivity contribution in [3.8, 4) is 5.75 Å². The van der Waals surface area contributed by atoms with Gasteiger partial charge in [-0.15, -0.1) is 11.8 Å². The molecule has 2 aliphatic heterocycles. The number of rotatable bonds is 1. The van der Waals surface area contributed by atoms with Crippen LogP contribution in [0.5, 0.6) is 5.75 Å². The standard InChI is InChI=1S/C20H18BrN3O2S/c1-24-9-10-3-5-22-16-14(10)18(24)19(26)17-15(16)20(4-6-23-17)8-11(21)12(25)7-13(20)27-2/h6-9,22,26H,3-5H2,1-2H3. The van der Waals surface area contributed by atoms with E-state index >= 15 is 0 Å². The van der Waals surface area contributed by atoms with Crippen LogP contribution in [0.3, 0.4) is 0 Å².